The predicted octanol–water partition coefficient (Wildman–Crippen LogP) is 3.04. The number of methoxy groups -OCH3 is 2. The number of anilines is 1. The van der Waals surface area contributed by atoms with Gasteiger partial charge in [-0.2, -0.15) is 0 Å². The lowest BCUT2D eigenvalue weighted by Gasteiger charge is -2.63. The number of esters is 1. The van der Waals surface area contributed by atoms with E-state index in [0.717, 1.165) is 52.1 Å². The van der Waals surface area contributed by atoms with Gasteiger partial charge in [0.05, 0.1) is 25.9 Å². The van der Waals surface area contributed by atoms with E-state index in [2.05, 4.69) is 46.0 Å². The number of aliphatic hydroxyl groups is 3. The number of benzene rings is 2. The molecule has 10 atom stereocenters. The first-order chi connectivity index (χ1) is 26.7. The van der Waals surface area contributed by atoms with E-state index in [0.29, 0.717) is 69.5 Å². The number of fused-ring (bicyclic) bond motifs is 6. The molecule has 1 unspecified atom stereocenters. The number of carbonyl (C=O) groups is 2. The molecular formula is C44H57N5O7. The number of aryl methyl sites for hydroxylation is 1. The van der Waals surface area contributed by atoms with E-state index < -0.39 is 51.5 Å². The molecule has 1 aromatic heterocycles. The van der Waals surface area contributed by atoms with E-state index in [1.165, 1.54) is 7.11 Å². The molecule has 3 fully saturated rings. The SMILES string of the molecule is CC[C@]1(O)C[C@@H]2CN(CCc3c([nH]c4ccc(C)cc34)[C@@](C(=O)OC)(c3cc4c(cc3OC)N(C)[C@H]3[C@](O)(C(N)=O)[C@H](O)[C@]5(CC)C=CCN6CC[C@]43[C@@H]65)C2)C1. The number of piperidine rings is 1. The van der Waals surface area contributed by atoms with Crippen LogP contribution in [-0.4, -0.2) is 125 Å². The first kappa shape index (κ1) is 37.6. The molecule has 9 rings (SSSR count). The van der Waals surface area contributed by atoms with Crippen LogP contribution in [0.25, 0.3) is 10.9 Å². The minimum atomic E-state index is -2.30. The zero-order valence-electron chi connectivity index (χ0n) is 33.5. The molecule has 2 bridgehead atoms. The van der Waals surface area contributed by atoms with Gasteiger partial charge in [0.25, 0.3) is 5.91 Å². The average molecular weight is 768 g/mol. The molecule has 1 amide bonds. The Hall–Kier alpha value is -3.94. The monoisotopic (exact) mass is 767 g/mol. The Labute approximate surface area is 328 Å². The highest BCUT2D eigenvalue weighted by atomic mass is 16.5. The first-order valence-electron chi connectivity index (χ1n) is 20.4. The van der Waals surface area contributed by atoms with Gasteiger partial charge < -0.3 is 40.4 Å². The predicted molar refractivity (Wildman–Crippen MR) is 213 cm³/mol. The number of hydrogen-bond donors (Lipinski definition) is 5. The van der Waals surface area contributed by atoms with Crippen LogP contribution < -0.4 is 15.4 Å². The standard InChI is InChI=1S/C44H57N5O7/c1-7-40(53)21-26-22-43(39(52)56-6,34-27(12-16-48(23-26)24-40)28-18-25(3)10-11-31(28)46-34)30-19-29-32(20-33(30)55-5)47(4)36-42(29)14-17-49-15-9-13-41(8-2,35(42)49)37(50)44(36,54)38(45)51/h9-11,13,18-20,26,35-37,46,50,53-54H,7-8,12,14-17,21-24H2,1-6H3,(H2,45,51)/t26-,35-,36+,37+,40-,41+,42+,43-,44+/m0/s1. The number of nitrogens with two attached hydrogens (primary N) is 1. The summed E-state index contributed by atoms with van der Waals surface area (Å²) in [4.78, 5) is 39.4. The second-order valence-corrected chi connectivity index (χ2v) is 18.0. The van der Waals surface area contributed by atoms with Crippen molar-refractivity contribution in [1.29, 1.82) is 0 Å². The number of likely N-dealkylation sites (N-methyl/N-ethyl adjacent to an activating group) is 1. The van der Waals surface area contributed by atoms with Crippen molar-refractivity contribution < 1.29 is 34.4 Å². The van der Waals surface area contributed by atoms with Gasteiger partial charge in [-0.25, -0.2) is 0 Å². The number of ether oxygens (including phenoxy) is 2. The Morgan fingerprint density at radius 1 is 1.04 bits per heavy atom. The molecule has 6 N–H and O–H groups in total. The molecule has 300 valence electrons. The fraction of sp³-hybridized carbons (Fsp3) is 0.591. The van der Waals surface area contributed by atoms with Gasteiger partial charge in [-0.15, -0.1) is 0 Å². The third-order valence-corrected chi connectivity index (χ3v) is 15.5. The van der Waals surface area contributed by atoms with Gasteiger partial charge in [0, 0.05) is 84.0 Å². The Bertz CT molecular complexity index is 2170. The van der Waals surface area contributed by atoms with Crippen molar-refractivity contribution >= 4 is 28.5 Å². The van der Waals surface area contributed by atoms with Crippen LogP contribution in [-0.2, 0) is 31.6 Å². The molecule has 6 heterocycles. The number of rotatable bonds is 6. The molecule has 1 aliphatic carbocycles. The van der Waals surface area contributed by atoms with Crippen molar-refractivity contribution in [3.63, 3.8) is 0 Å². The third-order valence-electron chi connectivity index (χ3n) is 15.5. The fourth-order valence-electron chi connectivity index (χ4n) is 13.2. The van der Waals surface area contributed by atoms with Gasteiger partial charge >= 0.3 is 5.97 Å². The summed E-state index contributed by atoms with van der Waals surface area (Å²) in [6, 6.07) is 9.21. The highest BCUT2D eigenvalue weighted by Gasteiger charge is 2.78. The summed E-state index contributed by atoms with van der Waals surface area (Å²) < 4.78 is 12.3. The maximum absolute atomic E-state index is 15.3. The molecule has 5 aliphatic heterocycles. The van der Waals surface area contributed by atoms with Gasteiger partial charge in [0.2, 0.25) is 0 Å². The molecule has 2 aromatic carbocycles. The summed E-state index contributed by atoms with van der Waals surface area (Å²) in [6.07, 6.45) is 5.78. The van der Waals surface area contributed by atoms with Gasteiger partial charge in [-0.1, -0.05) is 37.6 Å². The Balaban J connectivity index is 1.37. The molecule has 0 radical (unpaired) electrons. The normalized spacial score (nSPS) is 38.5. The van der Waals surface area contributed by atoms with Crippen LogP contribution >= 0.6 is 0 Å². The van der Waals surface area contributed by atoms with E-state index in [9.17, 15) is 20.1 Å². The number of aliphatic hydroxyl groups excluding tert-OH is 1. The second-order valence-electron chi connectivity index (χ2n) is 18.0. The van der Waals surface area contributed by atoms with Crippen LogP contribution in [0.2, 0.25) is 0 Å². The van der Waals surface area contributed by atoms with Gasteiger partial charge in [-0.3, -0.25) is 19.4 Å². The zero-order chi connectivity index (χ0) is 39.7. The maximum Gasteiger partial charge on any atom is 0.322 e. The molecule has 3 aromatic rings. The van der Waals surface area contributed by atoms with Crippen LogP contribution in [0.15, 0.2) is 42.5 Å². The largest absolute Gasteiger partial charge is 0.496 e. The zero-order valence-corrected chi connectivity index (χ0v) is 33.5. The van der Waals surface area contributed by atoms with Gasteiger partial charge in [-0.05, 0) is 87.2 Å². The number of carbonyl (C=O) groups excluding carboxylic acids is 2. The number of primary amides is 1. The fourth-order valence-corrected chi connectivity index (χ4v) is 13.2. The summed E-state index contributed by atoms with van der Waals surface area (Å²) in [5, 5.41) is 38.1. The maximum atomic E-state index is 15.3. The molecule has 2 saturated heterocycles. The smallest absolute Gasteiger partial charge is 0.322 e. The molecule has 1 spiro atoms. The minimum absolute atomic E-state index is 0.0820. The Morgan fingerprint density at radius 2 is 1.82 bits per heavy atom. The number of aromatic nitrogens is 1. The lowest BCUT2D eigenvalue weighted by molar-refractivity contribution is -0.201. The van der Waals surface area contributed by atoms with E-state index in [1.807, 2.05) is 44.0 Å². The Morgan fingerprint density at radius 3 is 2.52 bits per heavy atom. The summed E-state index contributed by atoms with van der Waals surface area (Å²) in [6.45, 7) is 9.47. The number of H-pyrrole nitrogens is 1. The Kier molecular flexibility index (Phi) is 8.42. The topological polar surface area (TPSA) is 165 Å². The molecule has 56 heavy (non-hydrogen) atoms. The van der Waals surface area contributed by atoms with Crippen LogP contribution in [0.1, 0.15) is 73.9 Å². The summed E-state index contributed by atoms with van der Waals surface area (Å²) >= 11 is 0. The van der Waals surface area contributed by atoms with Crippen molar-refractivity contribution in [1.82, 2.24) is 14.8 Å². The van der Waals surface area contributed by atoms with Crippen molar-refractivity contribution in [2.45, 2.75) is 99.5 Å². The molecule has 1 saturated carbocycles. The van der Waals surface area contributed by atoms with Crippen molar-refractivity contribution in [2.75, 3.05) is 58.9 Å². The summed E-state index contributed by atoms with van der Waals surface area (Å²) in [5.41, 5.74) is 5.85. The van der Waals surface area contributed by atoms with Crippen molar-refractivity contribution in [2.24, 2.45) is 17.1 Å². The number of aromatic amines is 1. The van der Waals surface area contributed by atoms with Crippen LogP contribution in [0.4, 0.5) is 5.69 Å². The third kappa shape index (κ3) is 4.59. The van der Waals surface area contributed by atoms with E-state index in [4.69, 9.17) is 15.2 Å². The van der Waals surface area contributed by atoms with Crippen LogP contribution in [0.5, 0.6) is 5.75 Å². The van der Waals surface area contributed by atoms with E-state index in [-0.39, 0.29) is 12.0 Å². The lowest BCUT2D eigenvalue weighted by atomic mass is 9.47. The molecule has 6 aliphatic rings. The average Bonchev–Trinajstić information content (AvgIpc) is 3.84. The molecule has 12 heteroatoms. The highest BCUT2D eigenvalue weighted by Crippen LogP contribution is 2.67. The summed E-state index contributed by atoms with van der Waals surface area (Å²) in [5.74, 6) is -1.00. The quantitative estimate of drug-likeness (QED) is 0.186. The number of nitrogens with one attached hydrogen (secondary N) is 1. The number of amides is 1. The van der Waals surface area contributed by atoms with E-state index >= 15 is 4.79 Å². The molecular weight excluding hydrogens is 711 g/mol. The summed E-state index contributed by atoms with van der Waals surface area (Å²) in [7, 11) is 4.90. The van der Waals surface area contributed by atoms with Crippen molar-refractivity contribution in [3.8, 4) is 5.75 Å². The first-order valence-corrected chi connectivity index (χ1v) is 20.4. The van der Waals surface area contributed by atoms with Crippen LogP contribution in [0, 0.1) is 18.3 Å². The second kappa shape index (κ2) is 12.5. The van der Waals surface area contributed by atoms with Crippen molar-refractivity contribution in [3.05, 3.63) is 70.4 Å². The van der Waals surface area contributed by atoms with Crippen LogP contribution in [0.3, 0.4) is 0 Å². The lowest BCUT2D eigenvalue weighted by Crippen LogP contribution is -2.81. The number of hydrogen-bond acceptors (Lipinski definition) is 10. The highest BCUT2D eigenvalue weighted by molar-refractivity contribution is 5.95. The van der Waals surface area contributed by atoms with Gasteiger partial charge in [0.1, 0.15) is 17.3 Å². The molecule has 12 nitrogen and oxygen atoms in total. The van der Waals surface area contributed by atoms with Gasteiger partial charge in [0.15, 0.2) is 5.60 Å². The van der Waals surface area contributed by atoms with E-state index in [1.54, 1.807) is 7.11 Å². The number of nitrogens with zero attached hydrogens (tertiary/aromatic N) is 3. The minimum Gasteiger partial charge on any atom is -0.496 e.